The van der Waals surface area contributed by atoms with Crippen molar-refractivity contribution in [2.75, 3.05) is 13.1 Å². The summed E-state index contributed by atoms with van der Waals surface area (Å²) in [5.41, 5.74) is 1.64. The third-order valence-electron chi connectivity index (χ3n) is 4.06. The van der Waals surface area contributed by atoms with Crippen LogP contribution in [0.15, 0.2) is 18.3 Å². The smallest absolute Gasteiger partial charge is 0.310 e. The molecule has 0 saturated carbocycles. The van der Waals surface area contributed by atoms with E-state index in [-0.39, 0.29) is 0 Å². The zero-order valence-electron chi connectivity index (χ0n) is 12.8. The molecule has 112 valence electrons. The van der Waals surface area contributed by atoms with Gasteiger partial charge in [-0.3, -0.25) is 9.78 Å². The van der Waals surface area contributed by atoms with E-state index >= 15 is 0 Å². The number of nitrogens with zero attached hydrogens (tertiary/aromatic N) is 1. The Morgan fingerprint density at radius 1 is 1.35 bits per heavy atom. The molecule has 1 aromatic heterocycles. The maximum absolute atomic E-state index is 11.4. The minimum atomic E-state index is -0.697. The summed E-state index contributed by atoms with van der Waals surface area (Å²) in [7, 11) is 0. The lowest BCUT2D eigenvalue weighted by atomic mass is 9.82. The van der Waals surface area contributed by atoms with Crippen LogP contribution >= 0.6 is 0 Å². The number of carboxylic acid groups (broad SMARTS) is 1. The van der Waals surface area contributed by atoms with E-state index in [2.05, 4.69) is 16.4 Å². The maximum atomic E-state index is 11.4. The predicted octanol–water partition coefficient (Wildman–Crippen LogP) is 2.80. The standard InChI is InChI=1S/C16H26N2O2/c1-4-16(5-2,15(19)20)12-17-10-6-7-14-9-8-13(3)18-11-14/h8-9,11,17H,4-7,10,12H2,1-3H3,(H,19,20). The van der Waals surface area contributed by atoms with Crippen molar-refractivity contribution in [3.05, 3.63) is 29.6 Å². The monoisotopic (exact) mass is 278 g/mol. The second-order valence-corrected chi connectivity index (χ2v) is 5.38. The number of aryl methyl sites for hydroxylation is 2. The summed E-state index contributed by atoms with van der Waals surface area (Å²) in [6, 6.07) is 4.12. The topological polar surface area (TPSA) is 62.2 Å². The van der Waals surface area contributed by atoms with E-state index in [4.69, 9.17) is 0 Å². The third kappa shape index (κ3) is 4.60. The lowest BCUT2D eigenvalue weighted by Gasteiger charge is -2.27. The number of hydrogen-bond donors (Lipinski definition) is 2. The van der Waals surface area contributed by atoms with Gasteiger partial charge in [0.1, 0.15) is 0 Å². The fourth-order valence-corrected chi connectivity index (χ4v) is 2.27. The van der Waals surface area contributed by atoms with Gasteiger partial charge in [0.15, 0.2) is 0 Å². The summed E-state index contributed by atoms with van der Waals surface area (Å²) in [4.78, 5) is 15.6. The van der Waals surface area contributed by atoms with Crippen LogP contribution < -0.4 is 5.32 Å². The normalized spacial score (nSPS) is 11.6. The molecule has 1 aromatic rings. The van der Waals surface area contributed by atoms with Crippen molar-refractivity contribution < 1.29 is 9.90 Å². The lowest BCUT2D eigenvalue weighted by molar-refractivity contribution is -0.149. The first-order valence-corrected chi connectivity index (χ1v) is 7.39. The van der Waals surface area contributed by atoms with Gasteiger partial charge in [-0.2, -0.15) is 0 Å². The van der Waals surface area contributed by atoms with Crippen molar-refractivity contribution in [1.29, 1.82) is 0 Å². The van der Waals surface area contributed by atoms with Crippen molar-refractivity contribution in [3.63, 3.8) is 0 Å². The highest BCUT2D eigenvalue weighted by atomic mass is 16.4. The molecule has 0 amide bonds. The molecule has 4 heteroatoms. The number of carbonyl (C=O) groups is 1. The van der Waals surface area contributed by atoms with Gasteiger partial charge in [0, 0.05) is 18.4 Å². The Hall–Kier alpha value is -1.42. The fourth-order valence-electron chi connectivity index (χ4n) is 2.27. The van der Waals surface area contributed by atoms with Crippen LogP contribution in [-0.2, 0) is 11.2 Å². The van der Waals surface area contributed by atoms with E-state index in [0.717, 1.165) is 25.1 Å². The highest BCUT2D eigenvalue weighted by molar-refractivity contribution is 5.74. The van der Waals surface area contributed by atoms with Crippen molar-refractivity contribution >= 4 is 5.97 Å². The van der Waals surface area contributed by atoms with Gasteiger partial charge in [-0.1, -0.05) is 19.9 Å². The van der Waals surface area contributed by atoms with E-state index < -0.39 is 11.4 Å². The molecule has 0 aliphatic heterocycles. The average molecular weight is 278 g/mol. The Bertz CT molecular complexity index is 411. The van der Waals surface area contributed by atoms with Crippen LogP contribution in [0.4, 0.5) is 0 Å². The lowest BCUT2D eigenvalue weighted by Crippen LogP contribution is -2.40. The fraction of sp³-hybridized carbons (Fsp3) is 0.625. The first-order chi connectivity index (χ1) is 9.54. The molecule has 20 heavy (non-hydrogen) atoms. The number of pyridine rings is 1. The van der Waals surface area contributed by atoms with Gasteiger partial charge in [0.25, 0.3) is 0 Å². The van der Waals surface area contributed by atoms with Gasteiger partial charge in [-0.15, -0.1) is 0 Å². The van der Waals surface area contributed by atoms with Crippen molar-refractivity contribution in [2.45, 2.75) is 46.5 Å². The Labute approximate surface area is 121 Å². The molecule has 4 nitrogen and oxygen atoms in total. The van der Waals surface area contributed by atoms with Crippen molar-refractivity contribution in [3.8, 4) is 0 Å². The molecule has 0 aromatic carbocycles. The largest absolute Gasteiger partial charge is 0.481 e. The molecule has 1 heterocycles. The molecule has 1 rings (SSSR count). The summed E-state index contributed by atoms with van der Waals surface area (Å²) >= 11 is 0. The second-order valence-electron chi connectivity index (χ2n) is 5.38. The highest BCUT2D eigenvalue weighted by Crippen LogP contribution is 2.25. The molecular weight excluding hydrogens is 252 g/mol. The summed E-state index contributed by atoms with van der Waals surface area (Å²) in [6.07, 6.45) is 5.20. The molecule has 0 bridgehead atoms. The number of carboxylic acids is 1. The van der Waals surface area contributed by atoms with E-state index in [9.17, 15) is 9.90 Å². The summed E-state index contributed by atoms with van der Waals surface area (Å²) in [5, 5.41) is 12.6. The predicted molar refractivity (Wildman–Crippen MR) is 80.8 cm³/mol. The summed E-state index contributed by atoms with van der Waals surface area (Å²) in [5.74, 6) is -0.697. The van der Waals surface area contributed by atoms with Gasteiger partial charge >= 0.3 is 5.97 Å². The molecule has 2 N–H and O–H groups in total. The molecular formula is C16H26N2O2. The summed E-state index contributed by atoms with van der Waals surface area (Å²) in [6.45, 7) is 7.24. The minimum absolute atomic E-state index is 0.543. The van der Waals surface area contributed by atoms with Gasteiger partial charge < -0.3 is 10.4 Å². The van der Waals surface area contributed by atoms with Crippen LogP contribution in [-0.4, -0.2) is 29.1 Å². The molecule has 0 fully saturated rings. The van der Waals surface area contributed by atoms with Crippen molar-refractivity contribution in [1.82, 2.24) is 10.3 Å². The minimum Gasteiger partial charge on any atom is -0.481 e. The number of aromatic nitrogens is 1. The quantitative estimate of drug-likeness (QED) is 0.682. The van der Waals surface area contributed by atoms with Crippen LogP contribution in [0.25, 0.3) is 0 Å². The van der Waals surface area contributed by atoms with Gasteiger partial charge in [0.2, 0.25) is 0 Å². The van der Waals surface area contributed by atoms with Crippen LogP contribution in [0, 0.1) is 12.3 Å². The zero-order chi connectivity index (χ0) is 15.0. The first kappa shape index (κ1) is 16.6. The number of aliphatic carboxylic acids is 1. The average Bonchev–Trinajstić information content (AvgIpc) is 2.45. The number of hydrogen-bond acceptors (Lipinski definition) is 3. The first-order valence-electron chi connectivity index (χ1n) is 7.39. The summed E-state index contributed by atoms with van der Waals surface area (Å²) < 4.78 is 0. The Morgan fingerprint density at radius 2 is 2.05 bits per heavy atom. The van der Waals surface area contributed by atoms with Crippen LogP contribution in [0.3, 0.4) is 0 Å². The Kier molecular flexibility index (Phi) is 6.65. The molecule has 0 radical (unpaired) electrons. The highest BCUT2D eigenvalue weighted by Gasteiger charge is 2.34. The van der Waals surface area contributed by atoms with Gasteiger partial charge in [-0.05, 0) is 50.8 Å². The van der Waals surface area contributed by atoms with E-state index in [1.807, 2.05) is 33.0 Å². The SMILES string of the molecule is CCC(CC)(CNCCCc1ccc(C)nc1)C(=O)O. The molecule has 0 aliphatic rings. The van der Waals surface area contributed by atoms with E-state index in [1.54, 1.807) is 0 Å². The number of nitrogens with one attached hydrogen (secondary N) is 1. The second kappa shape index (κ2) is 8.00. The van der Waals surface area contributed by atoms with Crippen LogP contribution in [0.2, 0.25) is 0 Å². The molecule has 0 saturated heterocycles. The molecule has 0 spiro atoms. The van der Waals surface area contributed by atoms with Crippen molar-refractivity contribution in [2.24, 2.45) is 5.41 Å². The van der Waals surface area contributed by atoms with Gasteiger partial charge in [0.05, 0.1) is 5.41 Å². The van der Waals surface area contributed by atoms with E-state index in [0.29, 0.717) is 19.4 Å². The number of rotatable bonds is 9. The third-order valence-corrected chi connectivity index (χ3v) is 4.06. The van der Waals surface area contributed by atoms with E-state index in [1.165, 1.54) is 5.56 Å². The molecule has 0 atom stereocenters. The maximum Gasteiger partial charge on any atom is 0.310 e. The molecule has 0 aliphatic carbocycles. The Balaban J connectivity index is 2.30. The van der Waals surface area contributed by atoms with Crippen LogP contribution in [0.5, 0.6) is 0 Å². The van der Waals surface area contributed by atoms with Gasteiger partial charge in [-0.25, -0.2) is 0 Å². The molecule has 0 unspecified atom stereocenters. The zero-order valence-corrected chi connectivity index (χ0v) is 12.8. The Morgan fingerprint density at radius 3 is 2.55 bits per heavy atom. The van der Waals surface area contributed by atoms with Crippen LogP contribution in [0.1, 0.15) is 44.4 Å².